The van der Waals surface area contributed by atoms with Gasteiger partial charge in [0, 0.05) is 0 Å². The number of anilines is 1. The monoisotopic (exact) mass is 715 g/mol. The Labute approximate surface area is 247 Å². The first-order valence-corrected chi connectivity index (χ1v) is 17.7. The molecule has 0 spiro atoms. The number of imidazole rings is 1. The van der Waals surface area contributed by atoms with E-state index in [1.807, 2.05) is 0 Å². The first-order chi connectivity index (χ1) is 20.2. The summed E-state index contributed by atoms with van der Waals surface area (Å²) in [5.41, 5.74) is 11.3. The minimum atomic E-state index is -4.86. The van der Waals surface area contributed by atoms with E-state index >= 15 is 0 Å². The van der Waals surface area contributed by atoms with Crippen molar-refractivity contribution in [2.45, 2.75) is 49.0 Å². The zero-order valence-corrected chi connectivity index (χ0v) is 25.2. The minimum absolute atomic E-state index is 0.0194. The number of nitrogens with two attached hydrogens (primary N) is 2. The number of amides is 1. The maximum absolute atomic E-state index is 12.6. The Hall–Kier alpha value is -2.19. The van der Waals surface area contributed by atoms with Gasteiger partial charge in [-0.05, 0) is 0 Å². The summed E-state index contributed by atoms with van der Waals surface area (Å²) >= 11 is -0.500. The van der Waals surface area contributed by atoms with Crippen LogP contribution in [-0.2, 0) is 27.7 Å². The van der Waals surface area contributed by atoms with Crippen molar-refractivity contribution < 1.29 is 62.7 Å². The van der Waals surface area contributed by atoms with Crippen molar-refractivity contribution in [1.29, 1.82) is 0 Å². The molecule has 2 fully saturated rings. The van der Waals surface area contributed by atoms with Crippen molar-refractivity contribution in [3.8, 4) is 0 Å². The second-order valence-corrected chi connectivity index (χ2v) is 15.7. The topological polar surface area (TPSA) is 318 Å². The van der Waals surface area contributed by atoms with Crippen LogP contribution >= 0.6 is 15.2 Å². The summed E-state index contributed by atoms with van der Waals surface area (Å²) in [6.07, 6.45) is -8.84. The third kappa shape index (κ3) is 6.75. The van der Waals surface area contributed by atoms with Crippen LogP contribution in [0.3, 0.4) is 0 Å². The Bertz CT molecular complexity index is 1590. The van der Waals surface area contributed by atoms with E-state index in [2.05, 4.69) is 19.9 Å². The number of nitrogen functional groups attached to an aromatic ring is 1. The predicted molar refractivity (Wildman–Crippen MR) is 141 cm³/mol. The molecule has 3 aromatic heterocycles. The summed E-state index contributed by atoms with van der Waals surface area (Å²) in [6.45, 7) is -1.53. The molecule has 10 atom stereocenters. The van der Waals surface area contributed by atoms with E-state index in [0.717, 1.165) is 6.33 Å². The van der Waals surface area contributed by atoms with Crippen molar-refractivity contribution in [3.63, 3.8) is 0 Å². The van der Waals surface area contributed by atoms with Gasteiger partial charge in [0.2, 0.25) is 0 Å². The Kier molecular flexibility index (Phi) is 9.22. The van der Waals surface area contributed by atoms with Gasteiger partial charge in [0.05, 0.1) is 6.33 Å². The molecule has 0 saturated carbocycles. The van der Waals surface area contributed by atoms with Gasteiger partial charge in [0.25, 0.3) is 0 Å². The van der Waals surface area contributed by atoms with Gasteiger partial charge in [0.15, 0.2) is 17.7 Å². The molecule has 2 saturated heterocycles. The van der Waals surface area contributed by atoms with Crippen LogP contribution in [0.5, 0.6) is 0 Å². The first kappa shape index (κ1) is 32.2. The van der Waals surface area contributed by atoms with Crippen LogP contribution in [0.15, 0.2) is 17.6 Å². The van der Waals surface area contributed by atoms with E-state index in [0.29, 0.717) is 0 Å². The van der Waals surface area contributed by atoms with Gasteiger partial charge in [-0.2, -0.15) is 0 Å². The van der Waals surface area contributed by atoms with E-state index < -0.39 is 104 Å². The Balaban J connectivity index is 1.15. The van der Waals surface area contributed by atoms with E-state index in [-0.39, 0.29) is 27.2 Å². The van der Waals surface area contributed by atoms with Crippen LogP contribution in [0, 0.1) is 0 Å². The number of aromatic nitrogens is 5. The fourth-order valence-electron chi connectivity index (χ4n) is 4.46. The zero-order chi connectivity index (χ0) is 31.3. The summed E-state index contributed by atoms with van der Waals surface area (Å²) in [6, 6.07) is 0. The van der Waals surface area contributed by atoms with E-state index in [1.165, 1.54) is 15.8 Å². The van der Waals surface area contributed by atoms with Gasteiger partial charge in [-0.3, -0.25) is 4.57 Å². The predicted octanol–water partition coefficient (Wildman–Crippen LogP) is -3.20. The van der Waals surface area contributed by atoms with Gasteiger partial charge < -0.3 is 20.7 Å². The van der Waals surface area contributed by atoms with Crippen LogP contribution in [0.1, 0.15) is 27.4 Å². The van der Waals surface area contributed by atoms with Crippen LogP contribution in [0.2, 0.25) is 0 Å². The molecule has 0 aromatic carbocycles. The number of aliphatic hydroxyl groups excluding tert-OH is 4. The number of carbonyl (C=O) groups is 1. The molecule has 1 amide bonds. The number of ether oxygens (including phenoxy) is 2. The Morgan fingerprint density at radius 1 is 0.977 bits per heavy atom. The third-order valence-electron chi connectivity index (χ3n) is 6.62. The SMILES string of the molecule is NC(=O)c1c[se]c([C@@H]2O[C@H](COP(=O)(O)CP(=O)(O)OC[C@H]3O[C@@H](n4cnc5c(N)ncnc54)[C@H](O)[C@@H]3O)[C@@H](O)[C@H]2O)n1. The van der Waals surface area contributed by atoms with Crippen LogP contribution < -0.4 is 11.5 Å². The average molecular weight is 714 g/mol. The zero-order valence-electron chi connectivity index (χ0n) is 21.7. The second-order valence-electron chi connectivity index (χ2n) is 9.65. The third-order valence-corrected chi connectivity index (χ3v) is 12.5. The van der Waals surface area contributed by atoms with Gasteiger partial charge in [-0.15, -0.1) is 0 Å². The number of hydrogen-bond donors (Lipinski definition) is 8. The van der Waals surface area contributed by atoms with Crippen molar-refractivity contribution in [1.82, 2.24) is 24.5 Å². The molecular formula is C20H27N7O13P2Se. The average Bonchev–Trinajstić information content (AvgIpc) is 3.70. The van der Waals surface area contributed by atoms with Crippen LogP contribution in [0.4, 0.5) is 5.82 Å². The van der Waals surface area contributed by atoms with Crippen molar-refractivity contribution in [2.75, 3.05) is 24.9 Å². The number of fused-ring (bicyclic) bond motifs is 1. The summed E-state index contributed by atoms with van der Waals surface area (Å²) in [5, 5.41) is 41.6. The van der Waals surface area contributed by atoms with Gasteiger partial charge in [-0.1, -0.05) is 0 Å². The Morgan fingerprint density at radius 3 is 2.23 bits per heavy atom. The number of nitrogens with zero attached hydrogens (tertiary/aromatic N) is 5. The summed E-state index contributed by atoms with van der Waals surface area (Å²) < 4.78 is 47.7. The Morgan fingerprint density at radius 2 is 1.60 bits per heavy atom. The second kappa shape index (κ2) is 12.3. The van der Waals surface area contributed by atoms with Gasteiger partial charge >= 0.3 is 159 Å². The molecule has 0 aliphatic carbocycles. The molecule has 0 radical (unpaired) electrons. The van der Waals surface area contributed by atoms with E-state index in [1.54, 1.807) is 0 Å². The number of hydrogen-bond acceptors (Lipinski definition) is 16. The normalized spacial score (nSPS) is 32.1. The molecule has 236 valence electrons. The molecular weight excluding hydrogens is 687 g/mol. The fraction of sp³-hybridized carbons (Fsp3) is 0.550. The molecule has 5 rings (SSSR count). The fourth-order valence-corrected chi connectivity index (χ4v) is 9.53. The molecule has 2 unspecified atom stereocenters. The summed E-state index contributed by atoms with van der Waals surface area (Å²) in [5.74, 6) is -2.09. The molecule has 3 aromatic rings. The summed E-state index contributed by atoms with van der Waals surface area (Å²) in [4.78, 5) is 49.1. The first-order valence-electron chi connectivity index (χ1n) is 12.3. The molecule has 0 bridgehead atoms. The number of rotatable bonds is 11. The van der Waals surface area contributed by atoms with Crippen molar-refractivity contribution in [3.05, 3.63) is 27.9 Å². The van der Waals surface area contributed by atoms with Gasteiger partial charge in [0.1, 0.15) is 24.1 Å². The van der Waals surface area contributed by atoms with Crippen molar-refractivity contribution in [2.24, 2.45) is 5.73 Å². The molecule has 5 heterocycles. The summed E-state index contributed by atoms with van der Waals surface area (Å²) in [7, 11) is -9.71. The van der Waals surface area contributed by atoms with E-state index in [9.17, 15) is 44.1 Å². The number of primary amides is 1. The van der Waals surface area contributed by atoms with Crippen LogP contribution in [-0.4, -0.2) is 131 Å². The molecule has 20 nitrogen and oxygen atoms in total. The number of carbonyl (C=O) groups excluding carboxylic acids is 1. The molecule has 10 N–H and O–H groups in total. The molecule has 2 aliphatic rings. The van der Waals surface area contributed by atoms with Crippen LogP contribution in [0.25, 0.3) is 11.2 Å². The number of aliphatic hydroxyl groups is 4. The standard InChI is InChI=1S/C20H27N7O13P2Se/c21-16-10-18(24-4-23-16)27(5-25-10)20-14(31)12(29)9(40-20)2-38-42(35,36)6-41(33,34)37-1-8-11(28)13(30)15(39-8)19-26-7(3-43-19)17(22)32/h3-5,8-9,11-15,20,28-31H,1-2,6H2,(H2,22,32)(H,33,34)(H,35,36)(H2,21,23,24)/t8-,9-,11-,12-,13-,14-,15-,20-/m1/s1. The molecule has 23 heteroatoms. The molecule has 2 aliphatic heterocycles. The van der Waals surface area contributed by atoms with Gasteiger partial charge in [-0.25, -0.2) is 15.0 Å². The molecule has 43 heavy (non-hydrogen) atoms. The van der Waals surface area contributed by atoms with E-state index in [4.69, 9.17) is 30.0 Å². The van der Waals surface area contributed by atoms with Crippen molar-refractivity contribution >= 4 is 52.6 Å². The quantitative estimate of drug-likeness (QED) is 0.0716. The maximum atomic E-state index is 12.6.